The molecule has 0 aromatic heterocycles. The Morgan fingerprint density at radius 1 is 0.778 bits per heavy atom. The van der Waals surface area contributed by atoms with Gasteiger partial charge in [-0.15, -0.1) is 0 Å². The van der Waals surface area contributed by atoms with Crippen molar-refractivity contribution in [2.45, 2.75) is 12.8 Å². The Kier molecular flexibility index (Phi) is 12.0. The third kappa shape index (κ3) is 8.06. The molecule has 36 heavy (non-hydrogen) atoms. The van der Waals surface area contributed by atoms with Crippen LogP contribution in [0.15, 0.2) is 42.5 Å². The minimum absolute atomic E-state index is 0.0272. The van der Waals surface area contributed by atoms with Crippen LogP contribution in [0.3, 0.4) is 0 Å². The van der Waals surface area contributed by atoms with Crippen LogP contribution in [-0.2, 0) is 6.42 Å². The number of aliphatic hydroxyl groups is 1. The Balaban J connectivity index is 0.000000262. The Morgan fingerprint density at radius 2 is 1.31 bits per heavy atom. The quantitative estimate of drug-likeness (QED) is 0.259. The topological polar surface area (TPSA) is 186 Å². The number of aliphatic hydroxyl groups excluding tert-OH is 1. The highest BCUT2D eigenvalue weighted by Gasteiger charge is 2.15. The number of ether oxygens (including phenoxy) is 3. The third-order valence-electron chi connectivity index (χ3n) is 4.59. The molecule has 7 N–H and O–H groups in total. The second kappa shape index (κ2) is 14.7. The molecule has 11 nitrogen and oxygen atoms in total. The van der Waals surface area contributed by atoms with Gasteiger partial charge in [0, 0.05) is 30.4 Å². The van der Waals surface area contributed by atoms with E-state index in [0.29, 0.717) is 18.6 Å². The molecule has 0 amide bonds. The lowest BCUT2D eigenvalue weighted by molar-refractivity contribution is 0.112. The Bertz CT molecular complexity index is 1090. The van der Waals surface area contributed by atoms with Crippen molar-refractivity contribution < 1.29 is 54.8 Å². The molecule has 3 aromatic carbocycles. The first-order chi connectivity index (χ1) is 17.2. The number of rotatable bonds is 3. The van der Waals surface area contributed by atoms with Gasteiger partial charge in [0.1, 0.15) is 23.5 Å². The SMILES string of the molecule is CO.COc1c(O)cc(C=O)cc1O.COc1c(O)cccc1O.Oc1cc(O)c2c(c1)OCCC2. The number of hydrogen-bond donors (Lipinski definition) is 7. The minimum atomic E-state index is -0.250. The molecule has 0 bridgehead atoms. The van der Waals surface area contributed by atoms with Crippen LogP contribution in [0.1, 0.15) is 22.3 Å². The van der Waals surface area contributed by atoms with Crippen LogP contribution in [0.5, 0.6) is 51.7 Å². The summed E-state index contributed by atoms with van der Waals surface area (Å²) in [6.07, 6.45) is 2.27. The predicted molar refractivity (Wildman–Crippen MR) is 130 cm³/mol. The highest BCUT2D eigenvalue weighted by Crippen LogP contribution is 2.37. The van der Waals surface area contributed by atoms with E-state index in [0.717, 1.165) is 25.5 Å². The summed E-state index contributed by atoms with van der Waals surface area (Å²) in [5, 5.41) is 61.9. The minimum Gasteiger partial charge on any atom is -0.508 e. The monoisotopic (exact) mass is 506 g/mol. The zero-order valence-electron chi connectivity index (χ0n) is 20.0. The number of phenols is 6. The van der Waals surface area contributed by atoms with E-state index >= 15 is 0 Å². The van der Waals surface area contributed by atoms with Crippen molar-refractivity contribution in [3.8, 4) is 51.7 Å². The fourth-order valence-corrected chi connectivity index (χ4v) is 3.05. The molecule has 11 heteroatoms. The molecular formula is C25H30O11. The summed E-state index contributed by atoms with van der Waals surface area (Å²) >= 11 is 0. The van der Waals surface area contributed by atoms with Crippen molar-refractivity contribution in [2.24, 2.45) is 0 Å². The number of carbonyl (C=O) groups is 1. The predicted octanol–water partition coefficient (Wildman–Crippen LogP) is 3.06. The van der Waals surface area contributed by atoms with Crippen LogP contribution in [-0.4, -0.2) is 70.0 Å². The molecular weight excluding hydrogens is 476 g/mol. The van der Waals surface area contributed by atoms with E-state index in [1.54, 1.807) is 0 Å². The molecule has 1 aliphatic rings. The molecule has 0 aliphatic carbocycles. The molecule has 196 valence electrons. The van der Waals surface area contributed by atoms with Gasteiger partial charge in [-0.1, -0.05) is 6.07 Å². The maximum atomic E-state index is 10.2. The van der Waals surface area contributed by atoms with Crippen LogP contribution in [0, 0.1) is 0 Å². The molecule has 4 rings (SSSR count). The molecule has 0 fully saturated rings. The molecule has 1 heterocycles. The van der Waals surface area contributed by atoms with E-state index in [1.807, 2.05) is 0 Å². The molecule has 3 aromatic rings. The number of phenolic OH excluding ortho intramolecular Hbond substituents is 6. The summed E-state index contributed by atoms with van der Waals surface area (Å²) in [5.41, 5.74) is 1.00. The van der Waals surface area contributed by atoms with Crippen molar-refractivity contribution >= 4 is 6.29 Å². The molecule has 0 spiro atoms. The lowest BCUT2D eigenvalue weighted by atomic mass is 10.1. The zero-order chi connectivity index (χ0) is 27.3. The maximum absolute atomic E-state index is 10.2. The molecule has 1 aliphatic heterocycles. The van der Waals surface area contributed by atoms with Gasteiger partial charge in [-0.2, -0.15) is 0 Å². The van der Waals surface area contributed by atoms with Gasteiger partial charge in [0.2, 0.25) is 11.5 Å². The molecule has 0 saturated heterocycles. The van der Waals surface area contributed by atoms with Gasteiger partial charge in [0.15, 0.2) is 23.0 Å². The van der Waals surface area contributed by atoms with Gasteiger partial charge < -0.3 is 50.0 Å². The van der Waals surface area contributed by atoms with E-state index in [1.165, 1.54) is 56.7 Å². The fourth-order valence-electron chi connectivity index (χ4n) is 3.05. The van der Waals surface area contributed by atoms with Crippen molar-refractivity contribution in [1.29, 1.82) is 0 Å². The largest absolute Gasteiger partial charge is 0.508 e. The van der Waals surface area contributed by atoms with Crippen LogP contribution < -0.4 is 14.2 Å². The first kappa shape index (κ1) is 29.5. The lowest BCUT2D eigenvalue weighted by Gasteiger charge is -2.17. The van der Waals surface area contributed by atoms with Crippen LogP contribution in [0.2, 0.25) is 0 Å². The third-order valence-corrected chi connectivity index (χ3v) is 4.59. The Hall–Kier alpha value is -4.51. The van der Waals surface area contributed by atoms with E-state index < -0.39 is 0 Å². The highest BCUT2D eigenvalue weighted by molar-refractivity contribution is 5.78. The maximum Gasteiger partial charge on any atom is 0.202 e. The number of methoxy groups -OCH3 is 2. The fraction of sp³-hybridized carbons (Fsp3) is 0.240. The normalized spacial score (nSPS) is 10.9. The number of hydrogen-bond acceptors (Lipinski definition) is 11. The number of para-hydroxylation sites is 1. The number of aromatic hydroxyl groups is 6. The summed E-state index contributed by atoms with van der Waals surface area (Å²) in [4.78, 5) is 10.2. The first-order valence-corrected chi connectivity index (χ1v) is 10.4. The molecule has 0 radical (unpaired) electrons. The lowest BCUT2D eigenvalue weighted by Crippen LogP contribution is -2.07. The molecule has 0 saturated carbocycles. The van der Waals surface area contributed by atoms with Gasteiger partial charge in [0.05, 0.1) is 20.8 Å². The van der Waals surface area contributed by atoms with Crippen molar-refractivity contribution in [3.63, 3.8) is 0 Å². The number of aldehydes is 1. The summed E-state index contributed by atoms with van der Waals surface area (Å²) in [6, 6.07) is 9.73. The number of carbonyl (C=O) groups excluding carboxylic acids is 1. The van der Waals surface area contributed by atoms with Crippen LogP contribution in [0.25, 0.3) is 0 Å². The number of benzene rings is 3. The second-order valence-corrected chi connectivity index (χ2v) is 6.93. The van der Waals surface area contributed by atoms with Gasteiger partial charge in [0.25, 0.3) is 0 Å². The van der Waals surface area contributed by atoms with E-state index in [9.17, 15) is 9.90 Å². The van der Waals surface area contributed by atoms with Crippen LogP contribution in [0.4, 0.5) is 0 Å². The average molecular weight is 507 g/mol. The van der Waals surface area contributed by atoms with Gasteiger partial charge >= 0.3 is 0 Å². The Morgan fingerprint density at radius 3 is 1.78 bits per heavy atom. The zero-order valence-corrected chi connectivity index (χ0v) is 20.0. The summed E-state index contributed by atoms with van der Waals surface area (Å²) in [5.74, 6) is 0.268. The molecule has 0 atom stereocenters. The van der Waals surface area contributed by atoms with E-state index in [-0.39, 0.29) is 51.6 Å². The standard InChI is InChI=1S/C9H10O3.C8H8O4.C7H8O3.CH4O/c10-6-4-8(11)7-2-1-3-12-9(7)5-6;1-12-8-6(10)2-5(4-9)3-7(8)11;1-10-7-5(8)3-2-4-6(7)9;1-2/h4-5,10-11H,1-3H2;2-4,10-11H,1H3;2-4,8-9H,1H3;2H,1H3. The van der Waals surface area contributed by atoms with Gasteiger partial charge in [-0.3, -0.25) is 4.79 Å². The van der Waals surface area contributed by atoms with Crippen molar-refractivity contribution in [3.05, 3.63) is 53.6 Å². The van der Waals surface area contributed by atoms with Crippen molar-refractivity contribution in [2.75, 3.05) is 27.9 Å². The van der Waals surface area contributed by atoms with E-state index in [2.05, 4.69) is 9.47 Å². The van der Waals surface area contributed by atoms with Crippen LogP contribution >= 0.6 is 0 Å². The van der Waals surface area contributed by atoms with E-state index in [4.69, 9.17) is 35.4 Å². The number of fused-ring (bicyclic) bond motifs is 1. The molecule has 0 unspecified atom stereocenters. The Labute approximate surface area is 207 Å². The van der Waals surface area contributed by atoms with Gasteiger partial charge in [-0.05, 0) is 37.1 Å². The van der Waals surface area contributed by atoms with Crippen molar-refractivity contribution in [1.82, 2.24) is 0 Å². The second-order valence-electron chi connectivity index (χ2n) is 6.93. The average Bonchev–Trinajstić information content (AvgIpc) is 2.86. The summed E-state index contributed by atoms with van der Waals surface area (Å²) in [6.45, 7) is 0.663. The first-order valence-electron chi connectivity index (χ1n) is 10.4. The smallest absolute Gasteiger partial charge is 0.202 e. The highest BCUT2D eigenvalue weighted by atomic mass is 16.5. The summed E-state index contributed by atoms with van der Waals surface area (Å²) < 4.78 is 14.6. The van der Waals surface area contributed by atoms with Gasteiger partial charge in [-0.25, -0.2) is 0 Å². The summed E-state index contributed by atoms with van der Waals surface area (Å²) in [7, 11) is 3.70.